The van der Waals surface area contributed by atoms with Crippen LogP contribution in [0.3, 0.4) is 0 Å². The van der Waals surface area contributed by atoms with Crippen LogP contribution in [-0.2, 0) is 22.6 Å². The highest BCUT2D eigenvalue weighted by Gasteiger charge is 2.28. The number of halogens is 1. The number of hydrogen-bond donors (Lipinski definition) is 1. The normalized spacial score (nSPS) is 12.4. The van der Waals surface area contributed by atoms with Crippen molar-refractivity contribution in [2.45, 2.75) is 59.2 Å². The Labute approximate surface area is 172 Å². The second-order valence-corrected chi connectivity index (χ2v) is 8.67. The van der Waals surface area contributed by atoms with Gasteiger partial charge in [0.2, 0.25) is 11.8 Å². The number of carbonyl (C=O) groups excluding carboxylic acids is 2. The molecule has 0 aliphatic carbocycles. The van der Waals surface area contributed by atoms with E-state index in [2.05, 4.69) is 5.32 Å². The van der Waals surface area contributed by atoms with E-state index in [1.165, 1.54) is 0 Å². The van der Waals surface area contributed by atoms with Crippen LogP contribution < -0.4 is 5.32 Å². The molecule has 0 aliphatic heterocycles. The molecule has 0 aliphatic rings. The van der Waals surface area contributed by atoms with Crippen molar-refractivity contribution in [2.24, 2.45) is 0 Å². The summed E-state index contributed by atoms with van der Waals surface area (Å²) < 4.78 is 0. The number of benzene rings is 2. The lowest BCUT2D eigenvalue weighted by molar-refractivity contribution is -0.140. The molecule has 4 nitrogen and oxygen atoms in total. The first-order chi connectivity index (χ1) is 13.0. The Morgan fingerprint density at radius 3 is 2.29 bits per heavy atom. The minimum absolute atomic E-state index is 0.0969. The first-order valence-electron chi connectivity index (χ1n) is 9.46. The number of nitrogens with zero attached hydrogens (tertiary/aromatic N) is 1. The van der Waals surface area contributed by atoms with Crippen molar-refractivity contribution in [3.63, 3.8) is 0 Å². The maximum Gasteiger partial charge on any atom is 0.242 e. The zero-order valence-corrected chi connectivity index (χ0v) is 18.0. The molecule has 28 heavy (non-hydrogen) atoms. The second kappa shape index (κ2) is 9.24. The topological polar surface area (TPSA) is 49.4 Å². The van der Waals surface area contributed by atoms with Crippen LogP contribution in [-0.4, -0.2) is 28.3 Å². The van der Waals surface area contributed by atoms with Crippen LogP contribution in [0.15, 0.2) is 48.5 Å². The summed E-state index contributed by atoms with van der Waals surface area (Å²) in [4.78, 5) is 27.5. The monoisotopic (exact) mass is 400 g/mol. The minimum Gasteiger partial charge on any atom is -0.350 e. The molecule has 1 N–H and O–H groups in total. The molecule has 0 saturated carbocycles. The number of hydrogen-bond acceptors (Lipinski definition) is 2. The molecule has 0 aromatic heterocycles. The molecule has 2 amide bonds. The Bertz CT molecular complexity index is 825. The van der Waals surface area contributed by atoms with Gasteiger partial charge in [0.05, 0.1) is 6.42 Å². The van der Waals surface area contributed by atoms with Crippen molar-refractivity contribution in [3.8, 4) is 0 Å². The van der Waals surface area contributed by atoms with E-state index < -0.39 is 6.04 Å². The fraction of sp³-hybridized carbons (Fsp3) is 0.391. The van der Waals surface area contributed by atoms with Gasteiger partial charge in [-0.15, -0.1) is 0 Å². The van der Waals surface area contributed by atoms with E-state index in [0.717, 1.165) is 16.7 Å². The molecule has 0 spiro atoms. The highest BCUT2D eigenvalue weighted by Crippen LogP contribution is 2.17. The molecule has 2 aromatic rings. The molecule has 150 valence electrons. The minimum atomic E-state index is -0.601. The molecule has 0 bridgehead atoms. The average Bonchev–Trinajstić information content (AvgIpc) is 2.59. The van der Waals surface area contributed by atoms with E-state index >= 15 is 0 Å². The van der Waals surface area contributed by atoms with Gasteiger partial charge >= 0.3 is 0 Å². The highest BCUT2D eigenvalue weighted by molar-refractivity contribution is 6.30. The fourth-order valence-corrected chi connectivity index (χ4v) is 3.08. The molecule has 0 heterocycles. The van der Waals surface area contributed by atoms with Gasteiger partial charge in [-0.2, -0.15) is 0 Å². The van der Waals surface area contributed by atoms with E-state index in [1.54, 1.807) is 17.9 Å². The predicted octanol–water partition coefficient (Wildman–Crippen LogP) is 4.52. The van der Waals surface area contributed by atoms with Gasteiger partial charge < -0.3 is 10.2 Å². The first-order valence-corrected chi connectivity index (χ1v) is 9.84. The molecule has 5 heteroatoms. The summed E-state index contributed by atoms with van der Waals surface area (Å²) in [7, 11) is 0. The first kappa shape index (κ1) is 22.0. The van der Waals surface area contributed by atoms with Crippen molar-refractivity contribution in [2.75, 3.05) is 0 Å². The van der Waals surface area contributed by atoms with Gasteiger partial charge in [0.1, 0.15) is 6.04 Å². The molecule has 0 radical (unpaired) electrons. The number of nitrogens with one attached hydrogen (secondary N) is 1. The standard InChI is InChI=1S/C23H29ClN2O2/c1-16-9-11-18(12-10-16)14-21(27)26(15-19-7-6-8-20(24)13-19)17(2)22(28)25-23(3,4)5/h6-13,17H,14-15H2,1-5H3,(H,25,28). The van der Waals surface area contributed by atoms with Gasteiger partial charge in [-0.05, 0) is 57.9 Å². The lowest BCUT2D eigenvalue weighted by Crippen LogP contribution is -2.52. The van der Waals surface area contributed by atoms with Gasteiger partial charge in [-0.3, -0.25) is 9.59 Å². The molecule has 1 unspecified atom stereocenters. The summed E-state index contributed by atoms with van der Waals surface area (Å²) in [5.74, 6) is -0.271. The van der Waals surface area contributed by atoms with Crippen molar-refractivity contribution in [1.82, 2.24) is 10.2 Å². The zero-order chi connectivity index (χ0) is 20.9. The fourth-order valence-electron chi connectivity index (χ4n) is 2.87. The third kappa shape index (κ3) is 6.68. The third-order valence-electron chi connectivity index (χ3n) is 4.38. The van der Waals surface area contributed by atoms with Crippen LogP contribution in [0.1, 0.15) is 44.4 Å². The molecule has 2 aromatic carbocycles. The average molecular weight is 401 g/mol. The van der Waals surface area contributed by atoms with Crippen molar-refractivity contribution in [1.29, 1.82) is 0 Å². The Hall–Kier alpha value is -2.33. The van der Waals surface area contributed by atoms with Crippen LogP contribution in [0, 0.1) is 6.92 Å². The molecule has 0 saturated heterocycles. The van der Waals surface area contributed by atoms with Crippen LogP contribution in [0.4, 0.5) is 0 Å². The van der Waals surface area contributed by atoms with Crippen molar-refractivity contribution >= 4 is 23.4 Å². The van der Waals surface area contributed by atoms with E-state index in [-0.39, 0.29) is 23.8 Å². The van der Waals surface area contributed by atoms with E-state index in [4.69, 9.17) is 11.6 Å². The molecular formula is C23H29ClN2O2. The summed E-state index contributed by atoms with van der Waals surface area (Å²) in [6.07, 6.45) is 0.244. The molecule has 1 atom stereocenters. The Kier molecular flexibility index (Phi) is 7.25. The highest BCUT2D eigenvalue weighted by atomic mass is 35.5. The Balaban J connectivity index is 2.24. The summed E-state index contributed by atoms with van der Waals surface area (Å²) in [5.41, 5.74) is 2.59. The van der Waals surface area contributed by atoms with Crippen LogP contribution in [0.25, 0.3) is 0 Å². The zero-order valence-electron chi connectivity index (χ0n) is 17.3. The van der Waals surface area contributed by atoms with Crippen LogP contribution in [0.2, 0.25) is 5.02 Å². The SMILES string of the molecule is Cc1ccc(CC(=O)N(Cc2cccc(Cl)c2)C(C)C(=O)NC(C)(C)C)cc1. The smallest absolute Gasteiger partial charge is 0.242 e. The van der Waals surface area contributed by atoms with Gasteiger partial charge in [0.15, 0.2) is 0 Å². The van der Waals surface area contributed by atoms with Crippen molar-refractivity contribution in [3.05, 3.63) is 70.2 Å². The van der Waals surface area contributed by atoms with Crippen LogP contribution in [0.5, 0.6) is 0 Å². The molecule has 2 rings (SSSR count). The summed E-state index contributed by atoms with van der Waals surface area (Å²) in [5, 5.41) is 3.57. The third-order valence-corrected chi connectivity index (χ3v) is 4.62. The quantitative estimate of drug-likeness (QED) is 0.774. The predicted molar refractivity (Wildman–Crippen MR) is 114 cm³/mol. The van der Waals surface area contributed by atoms with E-state index in [9.17, 15) is 9.59 Å². The van der Waals surface area contributed by atoms with E-state index in [1.807, 2.05) is 70.2 Å². The van der Waals surface area contributed by atoms with Crippen molar-refractivity contribution < 1.29 is 9.59 Å². The lowest BCUT2D eigenvalue weighted by Gasteiger charge is -2.31. The number of amides is 2. The number of rotatable bonds is 6. The van der Waals surface area contributed by atoms with Gasteiger partial charge in [-0.25, -0.2) is 0 Å². The molecular weight excluding hydrogens is 372 g/mol. The maximum absolute atomic E-state index is 13.1. The Morgan fingerprint density at radius 1 is 1.07 bits per heavy atom. The van der Waals surface area contributed by atoms with Gasteiger partial charge in [-0.1, -0.05) is 53.6 Å². The number of carbonyl (C=O) groups is 2. The summed E-state index contributed by atoms with van der Waals surface area (Å²) in [6.45, 7) is 9.87. The summed E-state index contributed by atoms with van der Waals surface area (Å²) in [6, 6.07) is 14.6. The lowest BCUT2D eigenvalue weighted by atomic mass is 10.1. The van der Waals surface area contributed by atoms with Crippen LogP contribution >= 0.6 is 11.6 Å². The van der Waals surface area contributed by atoms with E-state index in [0.29, 0.717) is 11.6 Å². The summed E-state index contributed by atoms with van der Waals surface area (Å²) >= 11 is 6.10. The Morgan fingerprint density at radius 2 is 1.71 bits per heavy atom. The molecule has 0 fully saturated rings. The maximum atomic E-state index is 13.1. The van der Waals surface area contributed by atoms with Gasteiger partial charge in [0, 0.05) is 17.1 Å². The number of aryl methyl sites for hydroxylation is 1. The van der Waals surface area contributed by atoms with Gasteiger partial charge in [0.25, 0.3) is 0 Å². The second-order valence-electron chi connectivity index (χ2n) is 8.23. The largest absolute Gasteiger partial charge is 0.350 e.